The van der Waals surface area contributed by atoms with Crippen molar-refractivity contribution >= 4 is 23.6 Å². The normalized spacial score (nSPS) is 11.9. The van der Waals surface area contributed by atoms with E-state index in [-0.39, 0.29) is 6.79 Å². The van der Waals surface area contributed by atoms with Crippen LogP contribution in [0.2, 0.25) is 0 Å². The Balaban J connectivity index is 1.30. The zero-order valence-corrected chi connectivity index (χ0v) is 16.4. The molecule has 156 valence electrons. The third-order valence-corrected chi connectivity index (χ3v) is 4.29. The molecule has 1 N–H and O–H groups in total. The molecule has 31 heavy (non-hydrogen) atoms. The Morgan fingerprint density at radius 1 is 0.935 bits per heavy atom. The number of carbonyl (C=O) groups is 2. The highest BCUT2D eigenvalue weighted by Gasteiger charge is 2.13. The lowest BCUT2D eigenvalue weighted by atomic mass is 10.2. The van der Waals surface area contributed by atoms with Crippen LogP contribution >= 0.6 is 0 Å². The molecule has 1 aliphatic rings. The number of carbonyl (C=O) groups excluding carboxylic acids is 2. The maximum Gasteiger partial charge on any atom is 0.331 e. The summed E-state index contributed by atoms with van der Waals surface area (Å²) in [6, 6.07) is 21.5. The van der Waals surface area contributed by atoms with E-state index in [1.807, 2.05) is 30.3 Å². The van der Waals surface area contributed by atoms with E-state index in [1.165, 1.54) is 6.08 Å². The van der Waals surface area contributed by atoms with Gasteiger partial charge in [0.05, 0.1) is 5.69 Å². The summed E-state index contributed by atoms with van der Waals surface area (Å²) in [5.74, 6) is 1.29. The van der Waals surface area contributed by atoms with Gasteiger partial charge in [-0.1, -0.05) is 36.4 Å². The van der Waals surface area contributed by atoms with Crippen LogP contribution in [-0.4, -0.2) is 25.3 Å². The Kier molecular flexibility index (Phi) is 6.13. The molecule has 0 saturated carbocycles. The Morgan fingerprint density at radius 3 is 2.58 bits per heavy atom. The van der Waals surface area contributed by atoms with Gasteiger partial charge in [-0.05, 0) is 48.0 Å². The number of anilines is 1. The number of amides is 1. The number of hydrogen-bond donors (Lipinski definition) is 1. The van der Waals surface area contributed by atoms with Gasteiger partial charge in [0.15, 0.2) is 23.9 Å². The number of esters is 1. The number of ether oxygens (including phenoxy) is 4. The van der Waals surface area contributed by atoms with E-state index >= 15 is 0 Å². The van der Waals surface area contributed by atoms with Gasteiger partial charge in [-0.2, -0.15) is 0 Å². The second-order valence-corrected chi connectivity index (χ2v) is 6.51. The molecule has 0 bridgehead atoms. The first-order valence-electron chi connectivity index (χ1n) is 9.54. The molecule has 0 atom stereocenters. The highest BCUT2D eigenvalue weighted by atomic mass is 16.7. The summed E-state index contributed by atoms with van der Waals surface area (Å²) >= 11 is 0. The monoisotopic (exact) mass is 417 g/mol. The van der Waals surface area contributed by atoms with Crippen molar-refractivity contribution < 1.29 is 28.5 Å². The van der Waals surface area contributed by atoms with Crippen LogP contribution in [0, 0.1) is 0 Å². The SMILES string of the molecule is O=C(COC(=O)C=Cc1ccc2c(c1)OCO2)Nc1ccccc1Oc1ccccc1. The largest absolute Gasteiger partial charge is 0.455 e. The number of nitrogens with one attached hydrogen (secondary N) is 1. The lowest BCUT2D eigenvalue weighted by Gasteiger charge is -2.12. The average molecular weight is 417 g/mol. The second-order valence-electron chi connectivity index (χ2n) is 6.51. The number of fused-ring (bicyclic) bond motifs is 1. The van der Waals surface area contributed by atoms with Crippen LogP contribution < -0.4 is 19.5 Å². The van der Waals surface area contributed by atoms with Gasteiger partial charge >= 0.3 is 5.97 Å². The summed E-state index contributed by atoms with van der Waals surface area (Å²) in [7, 11) is 0. The van der Waals surface area contributed by atoms with E-state index in [0.29, 0.717) is 28.7 Å². The minimum Gasteiger partial charge on any atom is -0.455 e. The van der Waals surface area contributed by atoms with Gasteiger partial charge in [0.25, 0.3) is 5.91 Å². The smallest absolute Gasteiger partial charge is 0.331 e. The van der Waals surface area contributed by atoms with Crippen molar-refractivity contribution in [3.8, 4) is 23.0 Å². The standard InChI is InChI=1S/C24H19NO6/c26-23(25-19-8-4-5-9-20(19)31-18-6-2-1-3-7-18)15-28-24(27)13-11-17-10-12-21-22(14-17)30-16-29-21/h1-14H,15-16H2,(H,25,26). The minimum absolute atomic E-state index is 0.180. The Labute approximate surface area is 178 Å². The van der Waals surface area contributed by atoms with Crippen molar-refractivity contribution in [3.05, 3.63) is 84.4 Å². The molecule has 0 fully saturated rings. The van der Waals surface area contributed by atoms with Gasteiger partial charge in [-0.15, -0.1) is 0 Å². The van der Waals surface area contributed by atoms with Gasteiger partial charge < -0.3 is 24.3 Å². The fourth-order valence-electron chi connectivity index (χ4n) is 2.83. The van der Waals surface area contributed by atoms with Gasteiger partial charge in [0.1, 0.15) is 5.75 Å². The Morgan fingerprint density at radius 2 is 1.71 bits per heavy atom. The van der Waals surface area contributed by atoms with Crippen molar-refractivity contribution in [1.29, 1.82) is 0 Å². The van der Waals surface area contributed by atoms with Crippen LogP contribution in [0.25, 0.3) is 6.08 Å². The van der Waals surface area contributed by atoms with Crippen LogP contribution in [0.15, 0.2) is 78.9 Å². The van der Waals surface area contributed by atoms with Crippen molar-refractivity contribution in [2.24, 2.45) is 0 Å². The van der Waals surface area contributed by atoms with Crippen molar-refractivity contribution in [2.45, 2.75) is 0 Å². The van der Waals surface area contributed by atoms with Crippen LogP contribution in [0.4, 0.5) is 5.69 Å². The molecule has 3 aromatic carbocycles. The first-order valence-corrected chi connectivity index (χ1v) is 9.54. The molecule has 0 spiro atoms. The van der Waals surface area contributed by atoms with Crippen LogP contribution in [0.1, 0.15) is 5.56 Å². The lowest BCUT2D eigenvalue weighted by molar-refractivity contribution is -0.142. The van der Waals surface area contributed by atoms with Crippen molar-refractivity contribution in [1.82, 2.24) is 0 Å². The van der Waals surface area contributed by atoms with Crippen LogP contribution in [0.5, 0.6) is 23.0 Å². The zero-order chi connectivity index (χ0) is 21.5. The average Bonchev–Trinajstić information content (AvgIpc) is 3.26. The Bertz CT molecular complexity index is 1110. The molecule has 0 saturated heterocycles. The van der Waals surface area contributed by atoms with Gasteiger partial charge in [0, 0.05) is 6.08 Å². The fourth-order valence-corrected chi connectivity index (χ4v) is 2.83. The van der Waals surface area contributed by atoms with E-state index in [9.17, 15) is 9.59 Å². The first-order chi connectivity index (χ1) is 15.2. The van der Waals surface area contributed by atoms with Crippen LogP contribution in [-0.2, 0) is 14.3 Å². The molecule has 0 unspecified atom stereocenters. The number of para-hydroxylation sites is 3. The van der Waals surface area contributed by atoms with E-state index in [4.69, 9.17) is 18.9 Å². The summed E-state index contributed by atoms with van der Waals surface area (Å²) in [6.45, 7) is -0.247. The Hall–Kier alpha value is -4.26. The van der Waals surface area contributed by atoms with E-state index in [1.54, 1.807) is 48.5 Å². The summed E-state index contributed by atoms with van der Waals surface area (Å²) in [5.41, 5.74) is 1.22. The zero-order valence-electron chi connectivity index (χ0n) is 16.4. The molecule has 0 aliphatic carbocycles. The van der Waals surface area contributed by atoms with Crippen molar-refractivity contribution in [2.75, 3.05) is 18.7 Å². The number of benzene rings is 3. The number of rotatable bonds is 7. The predicted octanol–water partition coefficient (Wildman–Crippen LogP) is 4.40. The van der Waals surface area contributed by atoms with Crippen LogP contribution in [0.3, 0.4) is 0 Å². The van der Waals surface area contributed by atoms with Gasteiger partial charge in [-0.25, -0.2) is 4.79 Å². The molecule has 7 nitrogen and oxygen atoms in total. The van der Waals surface area contributed by atoms with Gasteiger partial charge in [0.2, 0.25) is 6.79 Å². The maximum absolute atomic E-state index is 12.2. The summed E-state index contributed by atoms with van der Waals surface area (Å²) < 4.78 is 21.4. The summed E-state index contributed by atoms with van der Waals surface area (Å²) in [5, 5.41) is 2.69. The molecule has 1 heterocycles. The van der Waals surface area contributed by atoms with E-state index in [0.717, 1.165) is 5.56 Å². The maximum atomic E-state index is 12.2. The lowest BCUT2D eigenvalue weighted by Crippen LogP contribution is -2.20. The topological polar surface area (TPSA) is 83.1 Å². The third kappa shape index (κ3) is 5.42. The first kappa shape index (κ1) is 20.0. The summed E-state index contributed by atoms with van der Waals surface area (Å²) in [4.78, 5) is 24.2. The van der Waals surface area contributed by atoms with Gasteiger partial charge in [-0.3, -0.25) is 4.79 Å². The summed E-state index contributed by atoms with van der Waals surface area (Å²) in [6.07, 6.45) is 2.82. The fraction of sp³-hybridized carbons (Fsp3) is 0.0833. The molecule has 4 rings (SSSR count). The minimum atomic E-state index is -0.637. The van der Waals surface area contributed by atoms with Crippen molar-refractivity contribution in [3.63, 3.8) is 0 Å². The highest BCUT2D eigenvalue weighted by Crippen LogP contribution is 2.33. The predicted molar refractivity (Wildman–Crippen MR) is 114 cm³/mol. The van der Waals surface area contributed by atoms with E-state index in [2.05, 4.69) is 5.32 Å². The molecular weight excluding hydrogens is 398 g/mol. The molecule has 0 aromatic heterocycles. The molecule has 1 aliphatic heterocycles. The molecular formula is C24H19NO6. The molecule has 1 amide bonds. The van der Waals surface area contributed by atoms with E-state index < -0.39 is 18.5 Å². The molecule has 7 heteroatoms. The quantitative estimate of drug-likeness (QED) is 0.453. The molecule has 0 radical (unpaired) electrons. The number of hydrogen-bond acceptors (Lipinski definition) is 6. The molecule has 3 aromatic rings. The highest BCUT2D eigenvalue weighted by molar-refractivity contribution is 5.95. The third-order valence-electron chi connectivity index (χ3n) is 4.29. The second kappa shape index (κ2) is 9.49.